The van der Waals surface area contributed by atoms with Gasteiger partial charge in [-0.25, -0.2) is 0 Å². The molecule has 0 bridgehead atoms. The molecule has 0 saturated heterocycles. The SMILES string of the molecule is CC1CC(C)CC(NC(=O)Cc2ccc(N)cn2)C1.Cl. The van der Waals surface area contributed by atoms with Gasteiger partial charge in [-0.05, 0) is 43.2 Å². The number of anilines is 1. The Morgan fingerprint density at radius 1 is 1.30 bits per heavy atom. The first-order valence-electron chi connectivity index (χ1n) is 7.02. The third-order valence-corrected chi connectivity index (χ3v) is 3.73. The van der Waals surface area contributed by atoms with Crippen LogP contribution >= 0.6 is 12.4 Å². The third-order valence-electron chi connectivity index (χ3n) is 3.73. The summed E-state index contributed by atoms with van der Waals surface area (Å²) in [5, 5.41) is 3.13. The second-order valence-electron chi connectivity index (χ2n) is 5.94. The number of nitrogens with two attached hydrogens (primary N) is 1. The smallest absolute Gasteiger partial charge is 0.226 e. The van der Waals surface area contributed by atoms with Gasteiger partial charge in [0.2, 0.25) is 5.91 Å². The maximum absolute atomic E-state index is 12.0. The van der Waals surface area contributed by atoms with Crippen molar-refractivity contribution in [2.45, 2.75) is 45.6 Å². The standard InChI is InChI=1S/C15H23N3O.ClH/c1-10-5-11(2)7-14(6-10)18-15(19)8-13-4-3-12(16)9-17-13;/h3-4,9-11,14H,5-8,16H2,1-2H3,(H,18,19);1H. The maximum Gasteiger partial charge on any atom is 0.226 e. The van der Waals surface area contributed by atoms with E-state index < -0.39 is 0 Å². The van der Waals surface area contributed by atoms with E-state index in [2.05, 4.69) is 24.1 Å². The number of pyridine rings is 1. The summed E-state index contributed by atoms with van der Waals surface area (Å²) in [6.45, 7) is 4.52. The monoisotopic (exact) mass is 297 g/mol. The summed E-state index contributed by atoms with van der Waals surface area (Å²) in [4.78, 5) is 16.2. The average molecular weight is 298 g/mol. The van der Waals surface area contributed by atoms with Crippen LogP contribution in [0.1, 0.15) is 38.8 Å². The molecular weight excluding hydrogens is 274 g/mol. The first-order valence-corrected chi connectivity index (χ1v) is 7.02. The van der Waals surface area contributed by atoms with Crippen molar-refractivity contribution in [1.82, 2.24) is 10.3 Å². The Kier molecular flexibility index (Phi) is 6.27. The number of rotatable bonds is 3. The highest BCUT2D eigenvalue weighted by Crippen LogP contribution is 2.28. The fourth-order valence-electron chi connectivity index (χ4n) is 3.05. The van der Waals surface area contributed by atoms with E-state index in [0.29, 0.717) is 30.0 Å². The molecular formula is C15H24ClN3O. The van der Waals surface area contributed by atoms with Crippen molar-refractivity contribution in [2.24, 2.45) is 11.8 Å². The Labute approximate surface area is 126 Å². The first-order chi connectivity index (χ1) is 9.02. The summed E-state index contributed by atoms with van der Waals surface area (Å²) in [6.07, 6.45) is 5.37. The lowest BCUT2D eigenvalue weighted by Crippen LogP contribution is -2.40. The zero-order chi connectivity index (χ0) is 13.8. The summed E-state index contributed by atoms with van der Waals surface area (Å²) >= 11 is 0. The Hall–Kier alpha value is -1.29. The molecule has 1 aliphatic rings. The quantitative estimate of drug-likeness (QED) is 0.901. The fourth-order valence-corrected chi connectivity index (χ4v) is 3.05. The number of nitrogens with zero attached hydrogens (tertiary/aromatic N) is 1. The molecule has 1 aromatic rings. The minimum atomic E-state index is 0. The number of carbonyl (C=O) groups excluding carboxylic acids is 1. The number of amides is 1. The molecule has 3 N–H and O–H groups in total. The van der Waals surface area contributed by atoms with Gasteiger partial charge in [-0.1, -0.05) is 13.8 Å². The van der Waals surface area contributed by atoms with E-state index in [0.717, 1.165) is 18.5 Å². The van der Waals surface area contributed by atoms with E-state index in [-0.39, 0.29) is 18.3 Å². The molecule has 0 aliphatic heterocycles. The second-order valence-corrected chi connectivity index (χ2v) is 5.94. The predicted molar refractivity (Wildman–Crippen MR) is 83.7 cm³/mol. The lowest BCUT2D eigenvalue weighted by Gasteiger charge is -2.31. The van der Waals surface area contributed by atoms with Crippen LogP contribution in [0.25, 0.3) is 0 Å². The van der Waals surface area contributed by atoms with Crippen LogP contribution in [0, 0.1) is 11.8 Å². The van der Waals surface area contributed by atoms with Crippen molar-refractivity contribution < 1.29 is 4.79 Å². The topological polar surface area (TPSA) is 68.0 Å². The molecule has 1 amide bonds. The highest BCUT2D eigenvalue weighted by molar-refractivity contribution is 5.85. The lowest BCUT2D eigenvalue weighted by atomic mass is 9.80. The molecule has 1 aromatic heterocycles. The van der Waals surface area contributed by atoms with Gasteiger partial charge in [-0.3, -0.25) is 9.78 Å². The first kappa shape index (κ1) is 16.8. The van der Waals surface area contributed by atoms with Gasteiger partial charge in [0.1, 0.15) is 0 Å². The summed E-state index contributed by atoms with van der Waals surface area (Å²) in [5.41, 5.74) is 6.97. The van der Waals surface area contributed by atoms with Crippen LogP contribution in [-0.2, 0) is 11.2 Å². The molecule has 112 valence electrons. The number of hydrogen-bond donors (Lipinski definition) is 2. The van der Waals surface area contributed by atoms with Crippen molar-refractivity contribution in [2.75, 3.05) is 5.73 Å². The van der Waals surface area contributed by atoms with Crippen molar-refractivity contribution in [3.63, 3.8) is 0 Å². The third kappa shape index (κ3) is 5.00. The molecule has 0 radical (unpaired) electrons. The number of hydrogen-bond acceptors (Lipinski definition) is 3. The van der Waals surface area contributed by atoms with E-state index in [4.69, 9.17) is 5.73 Å². The number of aromatic nitrogens is 1. The molecule has 1 fully saturated rings. The Bertz CT molecular complexity index is 425. The minimum absolute atomic E-state index is 0. The van der Waals surface area contributed by atoms with Crippen molar-refractivity contribution in [3.05, 3.63) is 24.0 Å². The van der Waals surface area contributed by atoms with Crippen molar-refractivity contribution >= 4 is 24.0 Å². The van der Waals surface area contributed by atoms with Gasteiger partial charge < -0.3 is 11.1 Å². The van der Waals surface area contributed by atoms with Crippen molar-refractivity contribution in [1.29, 1.82) is 0 Å². The zero-order valence-corrected chi connectivity index (χ0v) is 13.0. The van der Waals surface area contributed by atoms with E-state index in [1.54, 1.807) is 18.3 Å². The summed E-state index contributed by atoms with van der Waals surface area (Å²) < 4.78 is 0. The normalized spacial score (nSPS) is 25.6. The summed E-state index contributed by atoms with van der Waals surface area (Å²) in [7, 11) is 0. The largest absolute Gasteiger partial charge is 0.397 e. The van der Waals surface area contributed by atoms with Gasteiger partial charge in [0.15, 0.2) is 0 Å². The Balaban J connectivity index is 0.00000200. The average Bonchev–Trinajstić information content (AvgIpc) is 2.30. The number of nitrogens with one attached hydrogen (secondary N) is 1. The molecule has 0 aromatic carbocycles. The van der Waals surface area contributed by atoms with Gasteiger partial charge in [0.25, 0.3) is 0 Å². The highest BCUT2D eigenvalue weighted by atomic mass is 35.5. The molecule has 4 nitrogen and oxygen atoms in total. The number of nitrogen functional groups attached to an aromatic ring is 1. The molecule has 1 saturated carbocycles. The van der Waals surface area contributed by atoms with Crippen LogP contribution in [-0.4, -0.2) is 16.9 Å². The number of carbonyl (C=O) groups is 1. The van der Waals surface area contributed by atoms with E-state index >= 15 is 0 Å². The van der Waals surface area contributed by atoms with Crippen LogP contribution in [0.3, 0.4) is 0 Å². The molecule has 2 unspecified atom stereocenters. The van der Waals surface area contributed by atoms with Gasteiger partial charge in [-0.15, -0.1) is 12.4 Å². The van der Waals surface area contributed by atoms with Gasteiger partial charge in [0.05, 0.1) is 18.3 Å². The highest BCUT2D eigenvalue weighted by Gasteiger charge is 2.24. The zero-order valence-electron chi connectivity index (χ0n) is 12.1. The fraction of sp³-hybridized carbons (Fsp3) is 0.600. The Morgan fingerprint density at radius 2 is 1.95 bits per heavy atom. The minimum Gasteiger partial charge on any atom is -0.397 e. The molecule has 1 heterocycles. The second kappa shape index (κ2) is 7.48. The predicted octanol–water partition coefficient (Wildman–Crippen LogP) is 2.57. The van der Waals surface area contributed by atoms with Crippen LogP contribution in [0.5, 0.6) is 0 Å². The van der Waals surface area contributed by atoms with Gasteiger partial charge in [0, 0.05) is 11.7 Å². The maximum atomic E-state index is 12.0. The van der Waals surface area contributed by atoms with Gasteiger partial charge >= 0.3 is 0 Å². The summed E-state index contributed by atoms with van der Waals surface area (Å²) in [6, 6.07) is 3.90. The molecule has 1 aliphatic carbocycles. The van der Waals surface area contributed by atoms with Crippen LogP contribution in [0.15, 0.2) is 18.3 Å². The lowest BCUT2D eigenvalue weighted by molar-refractivity contribution is -0.121. The van der Waals surface area contributed by atoms with E-state index in [1.807, 2.05) is 0 Å². The van der Waals surface area contributed by atoms with E-state index in [1.165, 1.54) is 6.42 Å². The van der Waals surface area contributed by atoms with Crippen LogP contribution in [0.2, 0.25) is 0 Å². The van der Waals surface area contributed by atoms with Crippen molar-refractivity contribution in [3.8, 4) is 0 Å². The summed E-state index contributed by atoms with van der Waals surface area (Å²) in [5.74, 6) is 1.45. The van der Waals surface area contributed by atoms with Gasteiger partial charge in [-0.2, -0.15) is 0 Å². The number of halogens is 1. The van der Waals surface area contributed by atoms with Crippen LogP contribution < -0.4 is 11.1 Å². The molecule has 0 spiro atoms. The Morgan fingerprint density at radius 3 is 2.50 bits per heavy atom. The molecule has 2 rings (SSSR count). The van der Waals surface area contributed by atoms with Crippen LogP contribution in [0.4, 0.5) is 5.69 Å². The van der Waals surface area contributed by atoms with E-state index in [9.17, 15) is 4.79 Å². The molecule has 2 atom stereocenters. The molecule has 5 heteroatoms. The molecule has 20 heavy (non-hydrogen) atoms.